The Kier molecular flexibility index (Phi) is 4.39. The summed E-state index contributed by atoms with van der Waals surface area (Å²) in [5, 5.41) is 0. The maximum Gasteiger partial charge on any atom is 0.135 e. The second kappa shape index (κ2) is 5.13. The lowest BCUT2D eigenvalue weighted by Gasteiger charge is -2.31. The average molecular weight is 199 g/mol. The van der Waals surface area contributed by atoms with Gasteiger partial charge < -0.3 is 4.48 Å². The largest absolute Gasteiger partial charge is 0.310 e. The van der Waals surface area contributed by atoms with Gasteiger partial charge in [0.25, 0.3) is 0 Å². The molecule has 0 radical (unpaired) electrons. The van der Waals surface area contributed by atoms with Crippen molar-refractivity contribution in [3.63, 3.8) is 0 Å². The first-order valence-electron chi connectivity index (χ1n) is 6.30. The highest BCUT2D eigenvalue weighted by Crippen LogP contribution is 2.24. The summed E-state index contributed by atoms with van der Waals surface area (Å²) in [5.41, 5.74) is 0. The Hall–Kier alpha value is -0.0800. The van der Waals surface area contributed by atoms with E-state index in [4.69, 9.17) is 0 Å². The van der Waals surface area contributed by atoms with Gasteiger partial charge in [-0.15, -0.1) is 0 Å². The highest BCUT2D eigenvalue weighted by Gasteiger charge is 2.39. The molecule has 0 aromatic carbocycles. The molecule has 0 saturated carbocycles. The summed E-state index contributed by atoms with van der Waals surface area (Å²) < 4.78 is 1.32. The van der Waals surface area contributed by atoms with Gasteiger partial charge in [-0.3, -0.25) is 0 Å². The lowest BCUT2D eigenvalue weighted by molar-refractivity contribution is -0.918. The third kappa shape index (κ3) is 2.29. The molecular formula is C12H27N2+. The fourth-order valence-electron chi connectivity index (χ4n) is 2.77. The van der Waals surface area contributed by atoms with Crippen LogP contribution in [0.1, 0.15) is 40.5 Å². The van der Waals surface area contributed by atoms with Crippen molar-refractivity contribution in [2.75, 3.05) is 32.8 Å². The van der Waals surface area contributed by atoms with Crippen LogP contribution in [-0.2, 0) is 0 Å². The lowest BCUT2D eigenvalue weighted by atomic mass is 10.1. The topological polar surface area (TPSA) is 3.24 Å². The molecule has 0 amide bonds. The van der Waals surface area contributed by atoms with Crippen molar-refractivity contribution in [2.45, 2.75) is 46.6 Å². The molecule has 1 atom stereocenters. The molecule has 0 N–H and O–H groups in total. The highest BCUT2D eigenvalue weighted by molar-refractivity contribution is 4.74. The Morgan fingerprint density at radius 3 is 2.21 bits per heavy atom. The van der Waals surface area contributed by atoms with Crippen LogP contribution in [0.15, 0.2) is 0 Å². The van der Waals surface area contributed by atoms with Crippen molar-refractivity contribution in [3.8, 4) is 0 Å². The molecule has 0 bridgehead atoms. The number of nitrogens with zero attached hydrogens (tertiary/aromatic N) is 2. The van der Waals surface area contributed by atoms with Crippen molar-refractivity contribution in [3.05, 3.63) is 0 Å². The minimum atomic E-state index is 0.852. The van der Waals surface area contributed by atoms with E-state index in [-0.39, 0.29) is 0 Å². The van der Waals surface area contributed by atoms with Crippen LogP contribution in [0.3, 0.4) is 0 Å². The zero-order chi connectivity index (χ0) is 10.6. The number of hydrogen-bond acceptors (Lipinski definition) is 1. The second-order valence-corrected chi connectivity index (χ2v) is 4.65. The predicted octanol–water partition coefficient (Wildman–Crippen LogP) is 2.30. The van der Waals surface area contributed by atoms with Crippen LogP contribution < -0.4 is 0 Å². The molecule has 2 nitrogen and oxygen atoms in total. The van der Waals surface area contributed by atoms with Gasteiger partial charge in [-0.2, -0.15) is 0 Å². The van der Waals surface area contributed by atoms with Gasteiger partial charge in [-0.1, -0.05) is 20.3 Å². The van der Waals surface area contributed by atoms with Gasteiger partial charge in [0.05, 0.1) is 25.7 Å². The predicted molar refractivity (Wildman–Crippen MR) is 62.2 cm³/mol. The van der Waals surface area contributed by atoms with Gasteiger partial charge in [0, 0.05) is 6.54 Å². The van der Waals surface area contributed by atoms with Gasteiger partial charge in [0.2, 0.25) is 0 Å². The maximum atomic E-state index is 2.68. The van der Waals surface area contributed by atoms with Crippen LogP contribution in [0.5, 0.6) is 0 Å². The first-order chi connectivity index (χ1) is 6.71. The molecule has 14 heavy (non-hydrogen) atoms. The van der Waals surface area contributed by atoms with Crippen LogP contribution in [0, 0.1) is 0 Å². The van der Waals surface area contributed by atoms with E-state index >= 15 is 0 Å². The number of quaternary nitrogens is 1. The molecule has 84 valence electrons. The van der Waals surface area contributed by atoms with Gasteiger partial charge in [0.1, 0.15) is 6.67 Å². The van der Waals surface area contributed by atoms with Crippen LogP contribution in [0.4, 0.5) is 0 Å². The summed E-state index contributed by atoms with van der Waals surface area (Å²) in [6, 6.07) is 0.852. The number of hydrogen-bond donors (Lipinski definition) is 0. The zero-order valence-electron chi connectivity index (χ0n) is 10.4. The Balaban J connectivity index is 2.62. The summed E-state index contributed by atoms with van der Waals surface area (Å²) in [7, 11) is 0. The second-order valence-electron chi connectivity index (χ2n) is 4.65. The number of likely N-dealkylation sites (N-methyl/N-ethyl adjacent to an activating group) is 2. The fraction of sp³-hybridized carbons (Fsp3) is 1.00. The quantitative estimate of drug-likeness (QED) is 0.614. The molecule has 1 saturated heterocycles. The molecule has 1 rings (SSSR count). The van der Waals surface area contributed by atoms with Gasteiger partial charge in [-0.25, -0.2) is 4.90 Å². The Morgan fingerprint density at radius 2 is 1.79 bits per heavy atom. The molecule has 0 spiro atoms. The maximum absolute atomic E-state index is 2.68. The summed E-state index contributed by atoms with van der Waals surface area (Å²) in [6.07, 6.45) is 2.71. The minimum absolute atomic E-state index is 0.852. The van der Waals surface area contributed by atoms with Gasteiger partial charge in [-0.05, 0) is 20.3 Å². The van der Waals surface area contributed by atoms with E-state index in [9.17, 15) is 0 Å². The fourth-order valence-corrected chi connectivity index (χ4v) is 2.77. The molecule has 1 unspecified atom stereocenters. The van der Waals surface area contributed by atoms with E-state index in [0.29, 0.717) is 0 Å². The normalized spacial score (nSPS) is 27.0. The summed E-state index contributed by atoms with van der Waals surface area (Å²) in [5.74, 6) is 0. The van der Waals surface area contributed by atoms with Crippen LogP contribution >= 0.6 is 0 Å². The van der Waals surface area contributed by atoms with E-state index in [1.165, 1.54) is 50.2 Å². The van der Waals surface area contributed by atoms with E-state index in [1.807, 2.05) is 0 Å². The minimum Gasteiger partial charge on any atom is -0.310 e. The third-order valence-corrected chi connectivity index (χ3v) is 3.97. The first kappa shape index (κ1) is 12.0. The lowest BCUT2D eigenvalue weighted by Crippen LogP contribution is -2.46. The molecule has 1 heterocycles. The van der Waals surface area contributed by atoms with Crippen LogP contribution in [0.25, 0.3) is 0 Å². The van der Waals surface area contributed by atoms with Crippen LogP contribution in [-0.4, -0.2) is 48.3 Å². The molecule has 1 aliphatic heterocycles. The van der Waals surface area contributed by atoms with Crippen LogP contribution in [0.2, 0.25) is 0 Å². The van der Waals surface area contributed by atoms with Gasteiger partial charge >= 0.3 is 0 Å². The SMILES string of the molecule is CCCC1C[N+](CC)(CC)CN1CC. The van der Waals surface area contributed by atoms with Crippen molar-refractivity contribution >= 4 is 0 Å². The first-order valence-corrected chi connectivity index (χ1v) is 6.30. The average Bonchev–Trinajstić information content (AvgIpc) is 2.58. The molecule has 2 heteroatoms. The van der Waals surface area contributed by atoms with E-state index in [1.54, 1.807) is 0 Å². The summed E-state index contributed by atoms with van der Waals surface area (Å²) in [4.78, 5) is 2.68. The Morgan fingerprint density at radius 1 is 1.14 bits per heavy atom. The van der Waals surface area contributed by atoms with Crippen molar-refractivity contribution in [2.24, 2.45) is 0 Å². The van der Waals surface area contributed by atoms with E-state index < -0.39 is 0 Å². The molecule has 1 aliphatic rings. The van der Waals surface area contributed by atoms with E-state index in [2.05, 4.69) is 32.6 Å². The molecule has 0 aliphatic carbocycles. The van der Waals surface area contributed by atoms with Gasteiger partial charge in [0.15, 0.2) is 0 Å². The smallest absolute Gasteiger partial charge is 0.135 e. The number of rotatable bonds is 5. The summed E-state index contributed by atoms with van der Waals surface area (Å²) in [6.45, 7) is 15.8. The zero-order valence-corrected chi connectivity index (χ0v) is 10.4. The standard InChI is InChI=1S/C12H27N2/c1-5-9-12-10-14(7-3,8-4)11-13(12)6-2/h12H,5-11H2,1-4H3/q+1. The molecule has 1 fully saturated rings. The molecule has 0 aromatic rings. The Bertz CT molecular complexity index is 164. The molecular weight excluding hydrogens is 172 g/mol. The monoisotopic (exact) mass is 199 g/mol. The molecule has 0 aromatic heterocycles. The summed E-state index contributed by atoms with van der Waals surface area (Å²) >= 11 is 0. The van der Waals surface area contributed by atoms with E-state index in [0.717, 1.165) is 6.04 Å². The van der Waals surface area contributed by atoms with Crippen molar-refractivity contribution in [1.29, 1.82) is 0 Å². The third-order valence-electron chi connectivity index (χ3n) is 3.97. The van der Waals surface area contributed by atoms with Crippen molar-refractivity contribution < 1.29 is 4.48 Å². The Labute approximate surface area is 89.5 Å². The highest BCUT2D eigenvalue weighted by atomic mass is 15.5. The van der Waals surface area contributed by atoms with Crippen molar-refractivity contribution in [1.82, 2.24) is 4.90 Å².